The Morgan fingerprint density at radius 3 is 2.60 bits per heavy atom. The third-order valence-electron chi connectivity index (χ3n) is 8.03. The monoisotopic (exact) mass is 563 g/mol. The highest BCUT2D eigenvalue weighted by molar-refractivity contribution is 5.91. The number of amides is 1. The molecule has 1 saturated carbocycles. The van der Waals surface area contributed by atoms with Gasteiger partial charge in [-0.1, -0.05) is 46.7 Å². The summed E-state index contributed by atoms with van der Waals surface area (Å²) in [5.41, 5.74) is 9.52. The molecule has 2 N–H and O–H groups in total. The third kappa shape index (κ3) is 6.31. The molecule has 1 fully saturated rings. The van der Waals surface area contributed by atoms with E-state index in [1.807, 2.05) is 6.07 Å². The molecule has 216 valence electrons. The predicted molar refractivity (Wildman–Crippen MR) is 159 cm³/mol. The number of allylic oxidation sites excluding steroid dienone is 1. The van der Waals surface area contributed by atoms with Gasteiger partial charge in [-0.25, -0.2) is 0 Å². The number of carbonyl (C=O) groups is 1. The maximum Gasteiger partial charge on any atom is 0.273 e. The van der Waals surface area contributed by atoms with E-state index in [9.17, 15) is 9.90 Å². The Labute approximate surface area is 246 Å². The fourth-order valence-electron chi connectivity index (χ4n) is 5.47. The minimum absolute atomic E-state index is 0.280. The van der Waals surface area contributed by atoms with E-state index >= 15 is 0 Å². The van der Waals surface area contributed by atoms with Crippen LogP contribution in [0.2, 0.25) is 0 Å². The van der Waals surface area contributed by atoms with Gasteiger partial charge in [0.2, 0.25) is 0 Å². The summed E-state index contributed by atoms with van der Waals surface area (Å²) in [4.78, 5) is 16.8. The Kier molecular flexibility index (Phi) is 7.68. The summed E-state index contributed by atoms with van der Waals surface area (Å²) in [7, 11) is 0. The zero-order valence-electron chi connectivity index (χ0n) is 24.5. The van der Waals surface area contributed by atoms with Crippen LogP contribution < -0.4 is 5.32 Å². The van der Waals surface area contributed by atoms with Gasteiger partial charge >= 0.3 is 0 Å². The number of carbonyl (C=O) groups excluding carboxylic acids is 1. The Hall–Kier alpha value is -4.24. The lowest BCUT2D eigenvalue weighted by molar-refractivity contribution is 0.0737. The van der Waals surface area contributed by atoms with Crippen LogP contribution >= 0.6 is 0 Å². The SMILES string of the molecule is Cc1ccc(C2=C(C3CC3)Cc3nnc(CCCCn4cc(C(=O)NCc5ccc(C(C)(C)O)nc5)nn4)cc32)cc1. The maximum absolute atomic E-state index is 12.6. The second-order valence-electron chi connectivity index (χ2n) is 12.0. The molecule has 0 spiro atoms. The molecule has 6 rings (SSSR count). The number of aromatic nitrogens is 6. The molecule has 0 atom stereocenters. The number of aliphatic hydroxyl groups is 1. The van der Waals surface area contributed by atoms with Gasteiger partial charge in [-0.05, 0) is 87.6 Å². The van der Waals surface area contributed by atoms with Crippen molar-refractivity contribution in [2.24, 2.45) is 5.92 Å². The summed E-state index contributed by atoms with van der Waals surface area (Å²) in [6, 6.07) is 14.7. The minimum atomic E-state index is -1.00. The number of aryl methyl sites for hydroxylation is 3. The molecule has 1 aromatic carbocycles. The number of hydrogen-bond acceptors (Lipinski definition) is 7. The number of rotatable bonds is 11. The normalized spacial score (nSPS) is 14.8. The fraction of sp³-hybridized carbons (Fsp3) is 0.394. The number of fused-ring (bicyclic) bond motifs is 1. The van der Waals surface area contributed by atoms with Gasteiger partial charge in [0.1, 0.15) is 5.60 Å². The van der Waals surface area contributed by atoms with E-state index < -0.39 is 5.60 Å². The second kappa shape index (κ2) is 11.6. The first kappa shape index (κ1) is 27.9. The number of nitrogens with one attached hydrogen (secondary N) is 1. The summed E-state index contributed by atoms with van der Waals surface area (Å²) in [5.74, 6) is 0.404. The van der Waals surface area contributed by atoms with Gasteiger partial charge < -0.3 is 10.4 Å². The Bertz CT molecular complexity index is 1610. The number of hydrogen-bond donors (Lipinski definition) is 2. The van der Waals surface area contributed by atoms with E-state index in [-0.39, 0.29) is 11.6 Å². The molecule has 0 unspecified atom stereocenters. The van der Waals surface area contributed by atoms with Gasteiger partial charge in [-0.3, -0.25) is 14.5 Å². The molecular weight excluding hydrogens is 526 g/mol. The molecule has 0 radical (unpaired) electrons. The van der Waals surface area contributed by atoms with Crippen molar-refractivity contribution < 1.29 is 9.90 Å². The highest BCUT2D eigenvalue weighted by atomic mass is 16.3. The van der Waals surface area contributed by atoms with Crippen molar-refractivity contribution in [3.8, 4) is 0 Å². The van der Waals surface area contributed by atoms with Gasteiger partial charge in [0.25, 0.3) is 5.91 Å². The summed E-state index contributed by atoms with van der Waals surface area (Å²) >= 11 is 0. The molecule has 4 aromatic rings. The summed E-state index contributed by atoms with van der Waals surface area (Å²) in [6.07, 6.45) is 9.46. The van der Waals surface area contributed by atoms with Crippen molar-refractivity contribution in [3.05, 3.63) is 105 Å². The molecule has 9 nitrogen and oxygen atoms in total. The van der Waals surface area contributed by atoms with Crippen LogP contribution in [-0.2, 0) is 31.5 Å². The van der Waals surface area contributed by atoms with E-state index in [1.165, 1.54) is 40.7 Å². The Morgan fingerprint density at radius 1 is 1.07 bits per heavy atom. The van der Waals surface area contributed by atoms with Crippen molar-refractivity contribution in [1.29, 1.82) is 0 Å². The van der Waals surface area contributed by atoms with Gasteiger partial charge in [-0.15, -0.1) is 5.10 Å². The van der Waals surface area contributed by atoms with Gasteiger partial charge in [0.15, 0.2) is 5.69 Å². The average Bonchev–Trinajstić information content (AvgIpc) is 3.60. The van der Waals surface area contributed by atoms with Crippen molar-refractivity contribution in [3.63, 3.8) is 0 Å². The lowest BCUT2D eigenvalue weighted by atomic mass is 9.95. The van der Waals surface area contributed by atoms with Crippen LogP contribution in [0.25, 0.3) is 5.57 Å². The Morgan fingerprint density at radius 2 is 1.88 bits per heavy atom. The Balaban J connectivity index is 1.01. The smallest absolute Gasteiger partial charge is 0.273 e. The molecule has 3 heterocycles. The van der Waals surface area contributed by atoms with E-state index in [1.54, 1.807) is 37.0 Å². The van der Waals surface area contributed by atoms with Crippen molar-refractivity contribution >= 4 is 11.5 Å². The first-order chi connectivity index (χ1) is 20.2. The van der Waals surface area contributed by atoms with Crippen LogP contribution in [0.1, 0.15) is 89.4 Å². The summed E-state index contributed by atoms with van der Waals surface area (Å²) < 4.78 is 1.71. The number of nitrogens with zero attached hydrogens (tertiary/aromatic N) is 6. The third-order valence-corrected chi connectivity index (χ3v) is 8.03. The summed E-state index contributed by atoms with van der Waals surface area (Å²) in [5, 5.41) is 30.3. The van der Waals surface area contributed by atoms with E-state index in [0.717, 1.165) is 42.6 Å². The fourth-order valence-corrected chi connectivity index (χ4v) is 5.47. The van der Waals surface area contributed by atoms with E-state index in [0.29, 0.717) is 24.7 Å². The minimum Gasteiger partial charge on any atom is -0.384 e. The predicted octanol–water partition coefficient (Wildman–Crippen LogP) is 4.72. The van der Waals surface area contributed by atoms with E-state index in [2.05, 4.69) is 68.1 Å². The van der Waals surface area contributed by atoms with Gasteiger partial charge in [0, 0.05) is 31.3 Å². The zero-order chi connectivity index (χ0) is 29.3. The van der Waals surface area contributed by atoms with Crippen LogP contribution in [0, 0.1) is 12.8 Å². The number of pyridine rings is 1. The molecule has 0 bridgehead atoms. The number of unbranched alkanes of at least 4 members (excludes halogenated alkanes) is 1. The molecule has 3 aromatic heterocycles. The lowest BCUT2D eigenvalue weighted by Gasteiger charge is -2.16. The van der Waals surface area contributed by atoms with Gasteiger partial charge in [-0.2, -0.15) is 10.2 Å². The first-order valence-electron chi connectivity index (χ1n) is 14.8. The van der Waals surface area contributed by atoms with Crippen LogP contribution in [0.5, 0.6) is 0 Å². The molecule has 0 saturated heterocycles. The van der Waals surface area contributed by atoms with Crippen molar-refractivity contribution in [2.75, 3.05) is 0 Å². The van der Waals surface area contributed by atoms with Crippen LogP contribution in [0.15, 0.2) is 60.4 Å². The quantitative estimate of drug-likeness (QED) is 0.254. The molecule has 2 aliphatic rings. The topological polar surface area (TPSA) is 119 Å². The second-order valence-corrected chi connectivity index (χ2v) is 12.0. The molecular formula is C33H37N7O2. The zero-order valence-corrected chi connectivity index (χ0v) is 24.5. The molecule has 9 heteroatoms. The highest BCUT2D eigenvalue weighted by Gasteiger charge is 2.35. The summed E-state index contributed by atoms with van der Waals surface area (Å²) in [6.45, 7) is 6.48. The highest BCUT2D eigenvalue weighted by Crippen LogP contribution is 2.48. The largest absolute Gasteiger partial charge is 0.384 e. The number of benzene rings is 1. The molecule has 42 heavy (non-hydrogen) atoms. The van der Waals surface area contributed by atoms with Crippen molar-refractivity contribution in [1.82, 2.24) is 35.5 Å². The van der Waals surface area contributed by atoms with Crippen molar-refractivity contribution in [2.45, 2.75) is 78.0 Å². The van der Waals surface area contributed by atoms with E-state index in [4.69, 9.17) is 0 Å². The molecule has 0 aliphatic heterocycles. The molecule has 1 amide bonds. The first-order valence-corrected chi connectivity index (χ1v) is 14.8. The van der Waals surface area contributed by atoms with Crippen LogP contribution in [0.3, 0.4) is 0 Å². The maximum atomic E-state index is 12.6. The molecule has 2 aliphatic carbocycles. The van der Waals surface area contributed by atoms with Gasteiger partial charge in [0.05, 0.1) is 23.3 Å². The lowest BCUT2D eigenvalue weighted by Crippen LogP contribution is -2.23. The van der Waals surface area contributed by atoms with Crippen LogP contribution in [0.4, 0.5) is 0 Å². The standard InChI is InChI=1S/C33H37N7O2/c1-21-7-10-24(11-8-21)31-26(23-12-13-23)17-28-27(31)16-25(36-37-28)6-4-5-15-40-20-29(38-39-40)32(41)35-19-22-9-14-30(34-18-22)33(2,3)42/h7-11,14,16,18,20,23,42H,4-6,12-13,15,17,19H2,1-3H3,(H,35,41). The van der Waals surface area contributed by atoms with Crippen LogP contribution in [-0.4, -0.2) is 41.2 Å². The average molecular weight is 564 g/mol.